The van der Waals surface area contributed by atoms with E-state index in [9.17, 15) is 4.79 Å². The van der Waals surface area contributed by atoms with Crippen molar-refractivity contribution < 1.29 is 4.79 Å². The van der Waals surface area contributed by atoms with Gasteiger partial charge in [-0.3, -0.25) is 9.78 Å². The van der Waals surface area contributed by atoms with Gasteiger partial charge in [-0.2, -0.15) is 5.10 Å². The molecule has 0 spiro atoms. The van der Waals surface area contributed by atoms with Crippen LogP contribution in [-0.4, -0.2) is 30.2 Å². The van der Waals surface area contributed by atoms with Crippen molar-refractivity contribution in [2.75, 3.05) is 18.0 Å². The summed E-state index contributed by atoms with van der Waals surface area (Å²) < 4.78 is 0. The number of pyridine rings is 1. The fraction of sp³-hybridized carbons (Fsp3) is 0.350. The number of hydrogen-bond donors (Lipinski definition) is 1. The fourth-order valence-electron chi connectivity index (χ4n) is 2.51. The van der Waals surface area contributed by atoms with Crippen molar-refractivity contribution in [2.24, 2.45) is 5.10 Å². The summed E-state index contributed by atoms with van der Waals surface area (Å²) in [5.74, 6) is -0.266. The highest BCUT2D eigenvalue weighted by Gasteiger charge is 2.05. The van der Waals surface area contributed by atoms with Crippen LogP contribution in [0.25, 0.3) is 0 Å². The average Bonchev–Trinajstić information content (AvgIpc) is 2.62. The second-order valence-electron chi connectivity index (χ2n) is 5.97. The number of amides is 1. The molecule has 132 valence electrons. The van der Waals surface area contributed by atoms with Crippen LogP contribution in [0, 0.1) is 6.92 Å². The van der Waals surface area contributed by atoms with Crippen LogP contribution in [0.15, 0.2) is 47.7 Å². The number of carbonyl (C=O) groups is 1. The molecule has 25 heavy (non-hydrogen) atoms. The van der Waals surface area contributed by atoms with E-state index in [0.29, 0.717) is 5.56 Å². The lowest BCUT2D eigenvalue weighted by Gasteiger charge is -2.23. The molecule has 1 N–H and O–H groups in total. The van der Waals surface area contributed by atoms with Gasteiger partial charge < -0.3 is 4.90 Å². The lowest BCUT2D eigenvalue weighted by atomic mass is 10.2. The summed E-state index contributed by atoms with van der Waals surface area (Å²) in [6.45, 7) is 8.38. The van der Waals surface area contributed by atoms with Gasteiger partial charge in [0, 0.05) is 30.7 Å². The van der Waals surface area contributed by atoms with Gasteiger partial charge in [0.2, 0.25) is 0 Å². The van der Waals surface area contributed by atoms with E-state index >= 15 is 0 Å². The number of carbonyl (C=O) groups excluding carboxylic acids is 1. The third-order valence-corrected chi connectivity index (χ3v) is 3.80. The van der Waals surface area contributed by atoms with Gasteiger partial charge in [-0.15, -0.1) is 0 Å². The standard InChI is InChI=1S/C20H26N4O/c1-4-12-24(13-5-2)19-10-7-17(8-11-19)14-22-23-20(25)18-9-6-16(3)21-15-18/h6-11,14-15H,4-5,12-13H2,1-3H3,(H,23,25)/b22-14+. The number of aromatic nitrogens is 1. The number of aryl methyl sites for hydroxylation is 1. The minimum atomic E-state index is -0.266. The molecule has 0 saturated carbocycles. The maximum Gasteiger partial charge on any atom is 0.272 e. The van der Waals surface area contributed by atoms with Gasteiger partial charge >= 0.3 is 0 Å². The van der Waals surface area contributed by atoms with Gasteiger partial charge in [0.05, 0.1) is 11.8 Å². The van der Waals surface area contributed by atoms with Crippen molar-refractivity contribution >= 4 is 17.8 Å². The maximum atomic E-state index is 12.0. The topological polar surface area (TPSA) is 57.6 Å². The van der Waals surface area contributed by atoms with Crippen molar-refractivity contribution in [1.82, 2.24) is 10.4 Å². The van der Waals surface area contributed by atoms with Crippen LogP contribution in [0.1, 0.15) is 48.3 Å². The lowest BCUT2D eigenvalue weighted by molar-refractivity contribution is 0.0955. The van der Waals surface area contributed by atoms with Crippen molar-refractivity contribution in [3.05, 3.63) is 59.4 Å². The molecule has 0 radical (unpaired) electrons. The van der Waals surface area contributed by atoms with Crippen molar-refractivity contribution in [2.45, 2.75) is 33.6 Å². The fourth-order valence-corrected chi connectivity index (χ4v) is 2.51. The van der Waals surface area contributed by atoms with E-state index < -0.39 is 0 Å². The highest BCUT2D eigenvalue weighted by Crippen LogP contribution is 2.15. The van der Waals surface area contributed by atoms with E-state index in [1.165, 1.54) is 5.69 Å². The molecule has 1 heterocycles. The first kappa shape index (κ1) is 18.6. The first-order chi connectivity index (χ1) is 12.1. The van der Waals surface area contributed by atoms with Crippen molar-refractivity contribution in [1.29, 1.82) is 0 Å². The van der Waals surface area contributed by atoms with E-state index in [0.717, 1.165) is 37.2 Å². The van der Waals surface area contributed by atoms with Crippen molar-refractivity contribution in [3.8, 4) is 0 Å². The summed E-state index contributed by atoms with van der Waals surface area (Å²) in [4.78, 5) is 18.4. The minimum absolute atomic E-state index is 0.266. The van der Waals surface area contributed by atoms with Crippen LogP contribution in [0.5, 0.6) is 0 Å². The van der Waals surface area contributed by atoms with Gasteiger partial charge in [-0.25, -0.2) is 5.43 Å². The average molecular weight is 338 g/mol. The predicted molar refractivity (Wildman–Crippen MR) is 103 cm³/mol. The van der Waals surface area contributed by atoms with Gasteiger partial charge in [-0.05, 0) is 49.6 Å². The van der Waals surface area contributed by atoms with Crippen molar-refractivity contribution in [3.63, 3.8) is 0 Å². The maximum absolute atomic E-state index is 12.0. The zero-order chi connectivity index (χ0) is 18.1. The van der Waals surface area contributed by atoms with E-state index in [-0.39, 0.29) is 5.91 Å². The number of nitrogens with one attached hydrogen (secondary N) is 1. The first-order valence-electron chi connectivity index (χ1n) is 8.75. The molecular formula is C20H26N4O. The molecule has 0 fully saturated rings. The molecule has 0 saturated heterocycles. The summed E-state index contributed by atoms with van der Waals surface area (Å²) in [5, 5.41) is 4.02. The zero-order valence-electron chi connectivity index (χ0n) is 15.2. The molecule has 0 aliphatic carbocycles. The normalized spacial score (nSPS) is 10.8. The summed E-state index contributed by atoms with van der Waals surface area (Å²) in [5.41, 5.74) is 6.06. The second kappa shape index (κ2) is 9.57. The summed E-state index contributed by atoms with van der Waals surface area (Å²) in [7, 11) is 0. The molecule has 1 aromatic carbocycles. The Balaban J connectivity index is 1.94. The molecule has 0 bridgehead atoms. The smallest absolute Gasteiger partial charge is 0.272 e. The van der Waals surface area contributed by atoms with Gasteiger partial charge in [-0.1, -0.05) is 26.0 Å². The summed E-state index contributed by atoms with van der Waals surface area (Å²) in [6, 6.07) is 11.7. The highest BCUT2D eigenvalue weighted by atomic mass is 16.2. The van der Waals surface area contributed by atoms with Crippen LogP contribution < -0.4 is 10.3 Å². The summed E-state index contributed by atoms with van der Waals surface area (Å²) >= 11 is 0. The van der Waals surface area contributed by atoms with E-state index in [4.69, 9.17) is 0 Å². The molecule has 0 aliphatic rings. The minimum Gasteiger partial charge on any atom is -0.372 e. The lowest BCUT2D eigenvalue weighted by Crippen LogP contribution is -2.24. The van der Waals surface area contributed by atoms with Crippen LogP contribution in [0.3, 0.4) is 0 Å². The monoisotopic (exact) mass is 338 g/mol. The van der Waals surface area contributed by atoms with Crippen LogP contribution in [-0.2, 0) is 0 Å². The van der Waals surface area contributed by atoms with Gasteiger partial charge in [0.25, 0.3) is 5.91 Å². The highest BCUT2D eigenvalue weighted by molar-refractivity contribution is 5.94. The van der Waals surface area contributed by atoms with Crippen LogP contribution >= 0.6 is 0 Å². The van der Waals surface area contributed by atoms with Gasteiger partial charge in [0.15, 0.2) is 0 Å². The SMILES string of the molecule is CCCN(CCC)c1ccc(/C=N/NC(=O)c2ccc(C)nc2)cc1. The predicted octanol–water partition coefficient (Wildman–Crippen LogP) is 3.78. The molecule has 1 amide bonds. The number of benzene rings is 1. The summed E-state index contributed by atoms with van der Waals surface area (Å²) in [6.07, 6.45) is 5.45. The molecule has 0 unspecified atom stereocenters. The van der Waals surface area contributed by atoms with Gasteiger partial charge in [0.1, 0.15) is 0 Å². The van der Waals surface area contributed by atoms with E-state index in [1.807, 2.05) is 19.1 Å². The quantitative estimate of drug-likeness (QED) is 0.589. The number of anilines is 1. The van der Waals surface area contributed by atoms with E-state index in [1.54, 1.807) is 24.5 Å². The largest absolute Gasteiger partial charge is 0.372 e. The molecule has 2 aromatic rings. The third-order valence-electron chi connectivity index (χ3n) is 3.80. The molecule has 5 nitrogen and oxygen atoms in total. The Kier molecular flexibility index (Phi) is 7.14. The Hall–Kier alpha value is -2.69. The number of hydrazone groups is 1. The molecule has 1 aromatic heterocycles. The molecule has 0 atom stereocenters. The molecule has 5 heteroatoms. The number of hydrogen-bond acceptors (Lipinski definition) is 4. The van der Waals surface area contributed by atoms with Crippen LogP contribution in [0.4, 0.5) is 5.69 Å². The second-order valence-corrected chi connectivity index (χ2v) is 5.97. The molecule has 2 rings (SSSR count). The number of nitrogens with zero attached hydrogens (tertiary/aromatic N) is 3. The Morgan fingerprint density at radius 3 is 2.36 bits per heavy atom. The molecular weight excluding hydrogens is 312 g/mol. The Labute approximate surface area is 149 Å². The first-order valence-corrected chi connectivity index (χ1v) is 8.75. The number of rotatable bonds is 8. The van der Waals surface area contributed by atoms with E-state index in [2.05, 4.69) is 46.4 Å². The third kappa shape index (κ3) is 5.71. The Morgan fingerprint density at radius 1 is 1.12 bits per heavy atom. The zero-order valence-corrected chi connectivity index (χ0v) is 15.2. The Morgan fingerprint density at radius 2 is 1.80 bits per heavy atom. The Bertz CT molecular complexity index is 687. The van der Waals surface area contributed by atoms with Crippen LogP contribution in [0.2, 0.25) is 0 Å². The molecule has 0 aliphatic heterocycles.